The average Bonchev–Trinajstić information content (AvgIpc) is 2.26. The molecule has 100 valence electrons. The summed E-state index contributed by atoms with van der Waals surface area (Å²) in [6.07, 6.45) is -4.75. The summed E-state index contributed by atoms with van der Waals surface area (Å²) in [6.45, 7) is 0. The summed E-state index contributed by atoms with van der Waals surface area (Å²) in [5.41, 5.74) is 3.47. The molecule has 0 aromatic heterocycles. The Morgan fingerprint density at radius 1 is 1.50 bits per heavy atom. The standard InChI is InChI=1S/C9H9F3N2O4/c1-18-6-3-4(8(13)9(10,11)12)2-5(7(6)15)14(16)17/h2-3,8,15H,13H2,1H3/t8-/m1/s1. The molecule has 9 heteroatoms. The maximum absolute atomic E-state index is 12.4. The van der Waals surface area contributed by atoms with E-state index in [1.54, 1.807) is 0 Å². The van der Waals surface area contributed by atoms with Crippen molar-refractivity contribution in [2.24, 2.45) is 5.73 Å². The van der Waals surface area contributed by atoms with Crippen molar-refractivity contribution in [1.29, 1.82) is 0 Å². The van der Waals surface area contributed by atoms with E-state index in [0.29, 0.717) is 6.07 Å². The molecule has 0 bridgehead atoms. The van der Waals surface area contributed by atoms with Gasteiger partial charge in [-0.25, -0.2) is 0 Å². The van der Waals surface area contributed by atoms with Crippen molar-refractivity contribution in [2.45, 2.75) is 12.2 Å². The first-order valence-corrected chi connectivity index (χ1v) is 4.56. The van der Waals surface area contributed by atoms with Gasteiger partial charge in [-0.05, 0) is 11.6 Å². The van der Waals surface area contributed by atoms with Crippen LogP contribution in [0.2, 0.25) is 0 Å². The number of nitrogens with two attached hydrogens (primary N) is 1. The predicted molar refractivity (Wildman–Crippen MR) is 54.3 cm³/mol. The molecular formula is C9H9F3N2O4. The number of benzene rings is 1. The second-order valence-electron chi connectivity index (χ2n) is 3.37. The zero-order valence-electron chi connectivity index (χ0n) is 9.06. The molecule has 0 spiro atoms. The number of nitro groups is 1. The van der Waals surface area contributed by atoms with E-state index in [2.05, 4.69) is 4.74 Å². The minimum Gasteiger partial charge on any atom is -0.500 e. The van der Waals surface area contributed by atoms with Gasteiger partial charge in [0.2, 0.25) is 5.75 Å². The first-order chi connectivity index (χ1) is 8.18. The van der Waals surface area contributed by atoms with E-state index in [0.717, 1.165) is 13.2 Å². The number of methoxy groups -OCH3 is 1. The van der Waals surface area contributed by atoms with Crippen molar-refractivity contribution >= 4 is 5.69 Å². The molecular weight excluding hydrogens is 257 g/mol. The van der Waals surface area contributed by atoms with Crippen LogP contribution in [0, 0.1) is 10.1 Å². The molecule has 1 aromatic rings. The molecule has 0 saturated heterocycles. The number of phenolic OH excluding ortho intramolecular Hbond substituents is 1. The molecule has 1 atom stereocenters. The fraction of sp³-hybridized carbons (Fsp3) is 0.333. The van der Waals surface area contributed by atoms with Crippen LogP contribution in [0.4, 0.5) is 18.9 Å². The van der Waals surface area contributed by atoms with Crippen LogP contribution in [0.3, 0.4) is 0 Å². The molecule has 6 nitrogen and oxygen atoms in total. The molecule has 1 aromatic carbocycles. The third kappa shape index (κ3) is 2.62. The molecule has 0 amide bonds. The van der Waals surface area contributed by atoms with Gasteiger partial charge in [0, 0.05) is 6.07 Å². The van der Waals surface area contributed by atoms with E-state index in [9.17, 15) is 28.4 Å². The van der Waals surface area contributed by atoms with E-state index < -0.39 is 39.9 Å². The van der Waals surface area contributed by atoms with Crippen LogP contribution >= 0.6 is 0 Å². The first-order valence-electron chi connectivity index (χ1n) is 4.56. The van der Waals surface area contributed by atoms with E-state index in [4.69, 9.17) is 5.73 Å². The highest BCUT2D eigenvalue weighted by atomic mass is 19.4. The summed E-state index contributed by atoms with van der Waals surface area (Å²) >= 11 is 0. The average molecular weight is 266 g/mol. The molecule has 3 N–H and O–H groups in total. The number of nitrogens with zero attached hydrogens (tertiary/aromatic N) is 1. The molecule has 0 radical (unpaired) electrons. The quantitative estimate of drug-likeness (QED) is 0.642. The van der Waals surface area contributed by atoms with Crippen molar-refractivity contribution in [3.05, 3.63) is 27.8 Å². The summed E-state index contributed by atoms with van der Waals surface area (Å²) in [5.74, 6) is -1.29. The topological polar surface area (TPSA) is 98.6 Å². The van der Waals surface area contributed by atoms with Crippen LogP contribution in [0.25, 0.3) is 0 Å². The van der Waals surface area contributed by atoms with E-state index in [1.165, 1.54) is 0 Å². The molecule has 0 heterocycles. The maximum Gasteiger partial charge on any atom is 0.407 e. The summed E-state index contributed by atoms with van der Waals surface area (Å²) in [6, 6.07) is -1.03. The minimum atomic E-state index is -4.75. The summed E-state index contributed by atoms with van der Waals surface area (Å²) < 4.78 is 41.8. The van der Waals surface area contributed by atoms with Gasteiger partial charge in [-0.15, -0.1) is 0 Å². The molecule has 0 aliphatic carbocycles. The number of hydrogen-bond acceptors (Lipinski definition) is 5. The van der Waals surface area contributed by atoms with E-state index in [-0.39, 0.29) is 0 Å². The largest absolute Gasteiger partial charge is 0.500 e. The molecule has 0 aliphatic heterocycles. The van der Waals surface area contributed by atoms with Crippen molar-refractivity contribution in [3.63, 3.8) is 0 Å². The SMILES string of the molecule is COc1cc([C@@H](N)C(F)(F)F)cc([N+](=O)[O-])c1O. The Bertz CT molecular complexity index is 476. The number of halogens is 3. The summed E-state index contributed by atoms with van der Waals surface area (Å²) in [5, 5.41) is 20.0. The van der Waals surface area contributed by atoms with Crippen LogP contribution in [0.15, 0.2) is 12.1 Å². The van der Waals surface area contributed by atoms with Crippen molar-refractivity contribution in [2.75, 3.05) is 7.11 Å². The molecule has 0 saturated carbocycles. The lowest BCUT2D eigenvalue weighted by Gasteiger charge is -2.16. The van der Waals surface area contributed by atoms with Gasteiger partial charge in [-0.1, -0.05) is 0 Å². The number of rotatable bonds is 3. The molecule has 0 fully saturated rings. The third-order valence-electron chi connectivity index (χ3n) is 2.21. The Labute approximate surface area is 98.9 Å². The highest BCUT2D eigenvalue weighted by Crippen LogP contribution is 2.41. The van der Waals surface area contributed by atoms with Crippen LogP contribution in [-0.4, -0.2) is 23.3 Å². The second-order valence-corrected chi connectivity index (χ2v) is 3.37. The highest BCUT2D eigenvalue weighted by molar-refractivity contribution is 5.57. The van der Waals surface area contributed by atoms with Crippen molar-refractivity contribution in [1.82, 2.24) is 0 Å². The molecule has 18 heavy (non-hydrogen) atoms. The lowest BCUT2D eigenvalue weighted by atomic mass is 10.1. The van der Waals surface area contributed by atoms with Gasteiger partial charge < -0.3 is 15.6 Å². The van der Waals surface area contributed by atoms with Crippen molar-refractivity contribution in [3.8, 4) is 11.5 Å². The monoisotopic (exact) mass is 266 g/mol. The van der Waals surface area contributed by atoms with Crippen LogP contribution in [0.5, 0.6) is 11.5 Å². The lowest BCUT2D eigenvalue weighted by Crippen LogP contribution is -2.28. The normalized spacial score (nSPS) is 13.2. The number of aromatic hydroxyl groups is 1. The zero-order chi connectivity index (χ0) is 14.1. The minimum absolute atomic E-state index is 0.445. The Morgan fingerprint density at radius 3 is 2.44 bits per heavy atom. The number of hydrogen-bond donors (Lipinski definition) is 2. The Morgan fingerprint density at radius 2 is 2.06 bits per heavy atom. The van der Waals surface area contributed by atoms with Gasteiger partial charge in [0.1, 0.15) is 6.04 Å². The fourth-order valence-corrected chi connectivity index (χ4v) is 1.28. The highest BCUT2D eigenvalue weighted by Gasteiger charge is 2.39. The lowest BCUT2D eigenvalue weighted by molar-refractivity contribution is -0.386. The van der Waals surface area contributed by atoms with Gasteiger partial charge in [0.25, 0.3) is 0 Å². The molecule has 0 unspecified atom stereocenters. The Hall–Kier alpha value is -2.03. The Balaban J connectivity index is 3.39. The van der Waals surface area contributed by atoms with Gasteiger partial charge in [0.15, 0.2) is 5.75 Å². The van der Waals surface area contributed by atoms with Gasteiger partial charge in [-0.2, -0.15) is 13.2 Å². The van der Waals surface area contributed by atoms with Crippen LogP contribution < -0.4 is 10.5 Å². The first kappa shape index (κ1) is 14.0. The Kier molecular flexibility index (Phi) is 3.65. The summed E-state index contributed by atoms with van der Waals surface area (Å²) in [4.78, 5) is 9.56. The van der Waals surface area contributed by atoms with Crippen LogP contribution in [0.1, 0.15) is 11.6 Å². The number of alkyl halides is 3. The number of ether oxygens (including phenoxy) is 1. The summed E-state index contributed by atoms with van der Waals surface area (Å²) in [7, 11) is 1.06. The molecule has 1 rings (SSSR count). The smallest absolute Gasteiger partial charge is 0.407 e. The second kappa shape index (κ2) is 4.69. The van der Waals surface area contributed by atoms with E-state index in [1.807, 2.05) is 0 Å². The molecule has 0 aliphatic rings. The van der Waals surface area contributed by atoms with Gasteiger partial charge >= 0.3 is 11.9 Å². The van der Waals surface area contributed by atoms with Crippen LogP contribution in [-0.2, 0) is 0 Å². The number of nitro benzene ring substituents is 1. The van der Waals surface area contributed by atoms with Gasteiger partial charge in [0.05, 0.1) is 12.0 Å². The van der Waals surface area contributed by atoms with Gasteiger partial charge in [-0.3, -0.25) is 10.1 Å². The third-order valence-corrected chi connectivity index (χ3v) is 2.21. The fourth-order valence-electron chi connectivity index (χ4n) is 1.28. The zero-order valence-corrected chi connectivity index (χ0v) is 9.06. The number of phenols is 1. The maximum atomic E-state index is 12.4. The van der Waals surface area contributed by atoms with Crippen molar-refractivity contribution < 1.29 is 27.9 Å². The predicted octanol–water partition coefficient (Wildman–Crippen LogP) is 1.87. The van der Waals surface area contributed by atoms with E-state index >= 15 is 0 Å².